The van der Waals surface area contributed by atoms with E-state index in [1.807, 2.05) is 6.92 Å². The first-order chi connectivity index (χ1) is 9.56. The summed E-state index contributed by atoms with van der Waals surface area (Å²) in [6.07, 6.45) is 3.33. The normalized spacial score (nSPS) is 30.2. The van der Waals surface area contributed by atoms with E-state index in [1.165, 1.54) is 12.1 Å². The number of hydrogen-bond donors (Lipinski definition) is 1. The number of benzene rings is 1. The second-order valence-corrected chi connectivity index (χ2v) is 5.93. The number of piperidine rings is 1. The molecule has 2 fully saturated rings. The van der Waals surface area contributed by atoms with Crippen LogP contribution in [0.25, 0.3) is 0 Å². The average molecular weight is 275 g/mol. The molecule has 2 atom stereocenters. The zero-order valence-electron chi connectivity index (χ0n) is 11.5. The van der Waals surface area contributed by atoms with Gasteiger partial charge in [-0.15, -0.1) is 0 Å². The highest BCUT2D eigenvalue weighted by molar-refractivity contribution is 6.02. The molecular formula is C16H18FNO2. The van der Waals surface area contributed by atoms with Crippen molar-refractivity contribution in [2.24, 2.45) is 11.3 Å². The van der Waals surface area contributed by atoms with Gasteiger partial charge in [-0.1, -0.05) is 19.1 Å². The van der Waals surface area contributed by atoms with E-state index in [0.29, 0.717) is 12.3 Å². The maximum absolute atomic E-state index is 13.1. The predicted molar refractivity (Wildman–Crippen MR) is 72.4 cm³/mol. The summed E-state index contributed by atoms with van der Waals surface area (Å²) in [5.41, 5.74) is 0.516. The van der Waals surface area contributed by atoms with Crippen LogP contribution in [0.15, 0.2) is 24.3 Å². The molecule has 3 rings (SSSR count). The van der Waals surface area contributed by atoms with Crippen LogP contribution in [0.1, 0.15) is 44.1 Å². The molecule has 4 heteroatoms. The lowest BCUT2D eigenvalue weighted by Crippen LogP contribution is -2.51. The van der Waals surface area contributed by atoms with Crippen molar-refractivity contribution in [2.75, 3.05) is 0 Å². The molecule has 0 spiro atoms. The first kappa shape index (κ1) is 13.3. The monoisotopic (exact) mass is 275 g/mol. The molecule has 1 heterocycles. The molecule has 1 N–H and O–H groups in total. The smallest absolute Gasteiger partial charge is 0.234 e. The highest BCUT2D eigenvalue weighted by Crippen LogP contribution is 2.58. The van der Waals surface area contributed by atoms with E-state index in [2.05, 4.69) is 5.32 Å². The van der Waals surface area contributed by atoms with Crippen molar-refractivity contribution < 1.29 is 14.0 Å². The lowest BCUT2D eigenvalue weighted by atomic mass is 9.62. The Morgan fingerprint density at radius 1 is 1.25 bits per heavy atom. The maximum Gasteiger partial charge on any atom is 0.234 e. The van der Waals surface area contributed by atoms with Gasteiger partial charge >= 0.3 is 0 Å². The minimum Gasteiger partial charge on any atom is -0.296 e. The van der Waals surface area contributed by atoms with E-state index in [-0.39, 0.29) is 29.0 Å². The van der Waals surface area contributed by atoms with E-state index in [4.69, 9.17) is 0 Å². The van der Waals surface area contributed by atoms with Gasteiger partial charge in [0.15, 0.2) is 0 Å². The fourth-order valence-electron chi connectivity index (χ4n) is 3.71. The number of amides is 2. The summed E-state index contributed by atoms with van der Waals surface area (Å²) >= 11 is 0. The number of imide groups is 1. The Hall–Kier alpha value is -1.71. The van der Waals surface area contributed by atoms with E-state index in [9.17, 15) is 14.0 Å². The summed E-state index contributed by atoms with van der Waals surface area (Å²) in [7, 11) is 0. The number of halogens is 1. The summed E-state index contributed by atoms with van der Waals surface area (Å²) in [5.74, 6) is -0.644. The van der Waals surface area contributed by atoms with Crippen LogP contribution in [0, 0.1) is 17.2 Å². The highest BCUT2D eigenvalue weighted by atomic mass is 19.1. The van der Waals surface area contributed by atoms with Gasteiger partial charge in [0.2, 0.25) is 11.8 Å². The van der Waals surface area contributed by atoms with Crippen molar-refractivity contribution >= 4 is 11.8 Å². The van der Waals surface area contributed by atoms with E-state index in [0.717, 1.165) is 24.8 Å². The first-order valence-electron chi connectivity index (χ1n) is 7.16. The topological polar surface area (TPSA) is 46.2 Å². The van der Waals surface area contributed by atoms with Gasteiger partial charge in [0.25, 0.3) is 0 Å². The third-order valence-electron chi connectivity index (χ3n) is 4.84. The Labute approximate surface area is 117 Å². The molecule has 0 aromatic heterocycles. The van der Waals surface area contributed by atoms with Crippen LogP contribution in [0.5, 0.6) is 0 Å². The van der Waals surface area contributed by atoms with Crippen molar-refractivity contribution in [3.05, 3.63) is 35.6 Å². The molecule has 1 saturated carbocycles. The molecule has 2 aliphatic rings. The van der Waals surface area contributed by atoms with E-state index < -0.39 is 0 Å². The van der Waals surface area contributed by atoms with Crippen LogP contribution in [0.2, 0.25) is 0 Å². The summed E-state index contributed by atoms with van der Waals surface area (Å²) < 4.78 is 13.1. The van der Waals surface area contributed by atoms with Gasteiger partial charge in [0.1, 0.15) is 5.82 Å². The van der Waals surface area contributed by atoms with Crippen molar-refractivity contribution in [3.63, 3.8) is 0 Å². The van der Waals surface area contributed by atoms with E-state index in [1.54, 1.807) is 12.1 Å². The van der Waals surface area contributed by atoms with Gasteiger partial charge in [-0.2, -0.15) is 0 Å². The van der Waals surface area contributed by atoms with E-state index >= 15 is 0 Å². The van der Waals surface area contributed by atoms with Crippen LogP contribution < -0.4 is 5.32 Å². The first-order valence-corrected chi connectivity index (χ1v) is 7.16. The molecule has 1 aliphatic carbocycles. The largest absolute Gasteiger partial charge is 0.296 e. The van der Waals surface area contributed by atoms with Crippen molar-refractivity contribution in [2.45, 2.75) is 38.5 Å². The Morgan fingerprint density at radius 3 is 2.45 bits per heavy atom. The molecule has 2 amide bonds. The Morgan fingerprint density at radius 2 is 1.90 bits per heavy atom. The molecule has 1 saturated heterocycles. The highest BCUT2D eigenvalue weighted by Gasteiger charge is 2.55. The zero-order chi connectivity index (χ0) is 14.3. The average Bonchev–Trinajstić information content (AvgIpc) is 3.24. The Bertz CT molecular complexity index is 550. The summed E-state index contributed by atoms with van der Waals surface area (Å²) in [6, 6.07) is 6.10. The molecular weight excluding hydrogens is 257 g/mol. The standard InChI is InChI=1S/C16H18FNO2/c1-2-16(11-5-6-11)9-13(19)18-15(20)14(16)10-3-7-12(17)8-4-10/h3-4,7-8,11,14H,2,5-6,9H2,1H3,(H,18,19,20). The van der Waals surface area contributed by atoms with Gasteiger partial charge < -0.3 is 0 Å². The van der Waals surface area contributed by atoms with Crippen molar-refractivity contribution in [1.29, 1.82) is 0 Å². The molecule has 0 bridgehead atoms. The molecule has 20 heavy (non-hydrogen) atoms. The third-order valence-corrected chi connectivity index (χ3v) is 4.84. The van der Waals surface area contributed by atoms with Crippen LogP contribution in [-0.4, -0.2) is 11.8 Å². The van der Waals surface area contributed by atoms with Crippen LogP contribution in [0.4, 0.5) is 4.39 Å². The summed E-state index contributed by atoms with van der Waals surface area (Å²) in [5, 5.41) is 2.44. The lowest BCUT2D eigenvalue weighted by molar-refractivity contribution is -0.141. The Kier molecular flexibility index (Phi) is 3.11. The van der Waals surface area contributed by atoms with Crippen LogP contribution >= 0.6 is 0 Å². The second-order valence-electron chi connectivity index (χ2n) is 5.93. The number of carbonyl (C=O) groups excluding carboxylic acids is 2. The molecule has 2 unspecified atom stereocenters. The number of carbonyl (C=O) groups is 2. The van der Waals surface area contributed by atoms with Crippen LogP contribution in [0.3, 0.4) is 0 Å². The Balaban J connectivity index is 2.05. The maximum atomic E-state index is 13.1. The summed E-state index contributed by atoms with van der Waals surface area (Å²) in [6.45, 7) is 2.04. The zero-order valence-corrected chi connectivity index (χ0v) is 11.5. The molecule has 1 aliphatic heterocycles. The fraction of sp³-hybridized carbons (Fsp3) is 0.500. The molecule has 1 aromatic rings. The quantitative estimate of drug-likeness (QED) is 0.862. The molecule has 1 aromatic carbocycles. The minimum atomic E-state index is -0.349. The second kappa shape index (κ2) is 4.69. The van der Waals surface area contributed by atoms with Gasteiger partial charge in [-0.05, 0) is 48.3 Å². The van der Waals surface area contributed by atoms with Gasteiger partial charge in [0, 0.05) is 6.42 Å². The SMILES string of the molecule is CCC1(C2CC2)CC(=O)NC(=O)C1c1ccc(F)cc1. The van der Waals surface area contributed by atoms with Gasteiger partial charge in [0.05, 0.1) is 5.92 Å². The fourth-order valence-corrected chi connectivity index (χ4v) is 3.71. The predicted octanol–water partition coefficient (Wildman–Crippen LogP) is 2.76. The molecule has 0 radical (unpaired) electrons. The van der Waals surface area contributed by atoms with Gasteiger partial charge in [-0.25, -0.2) is 4.39 Å². The number of hydrogen-bond acceptors (Lipinski definition) is 2. The third kappa shape index (κ3) is 2.03. The van der Waals surface area contributed by atoms with Crippen LogP contribution in [-0.2, 0) is 9.59 Å². The molecule has 3 nitrogen and oxygen atoms in total. The number of rotatable bonds is 3. The van der Waals surface area contributed by atoms with Crippen molar-refractivity contribution in [1.82, 2.24) is 5.32 Å². The summed E-state index contributed by atoms with van der Waals surface area (Å²) in [4.78, 5) is 24.2. The lowest BCUT2D eigenvalue weighted by Gasteiger charge is -2.43. The van der Waals surface area contributed by atoms with Crippen molar-refractivity contribution in [3.8, 4) is 0 Å². The number of nitrogens with one attached hydrogen (secondary N) is 1. The minimum absolute atomic E-state index is 0.179. The molecule has 106 valence electrons. The van der Waals surface area contributed by atoms with Gasteiger partial charge in [-0.3, -0.25) is 14.9 Å².